The number of benzene rings is 1. The lowest BCUT2D eigenvalue weighted by atomic mass is 9.98. The van der Waals surface area contributed by atoms with Gasteiger partial charge in [-0.1, -0.05) is 0 Å². The lowest BCUT2D eigenvalue weighted by Crippen LogP contribution is -2.42. The van der Waals surface area contributed by atoms with Crippen molar-refractivity contribution in [2.24, 2.45) is 0 Å². The molecule has 0 bridgehead atoms. The molecule has 6 heteroatoms. The SMILES string of the molecule is COC(=O)c1ccc(NC2CCN(C)C(C)C2)c(F)c1F. The second-order valence-corrected chi connectivity index (χ2v) is 5.48. The average molecular weight is 298 g/mol. The Morgan fingerprint density at radius 3 is 2.71 bits per heavy atom. The molecule has 4 nitrogen and oxygen atoms in total. The summed E-state index contributed by atoms with van der Waals surface area (Å²) in [4.78, 5) is 13.5. The average Bonchev–Trinajstić information content (AvgIpc) is 2.47. The first-order valence-electron chi connectivity index (χ1n) is 6.97. The molecular weight excluding hydrogens is 278 g/mol. The summed E-state index contributed by atoms with van der Waals surface area (Å²) in [6.45, 7) is 3.01. The Kier molecular flexibility index (Phi) is 4.77. The molecule has 0 spiro atoms. The van der Waals surface area contributed by atoms with Gasteiger partial charge in [0, 0.05) is 18.6 Å². The molecular formula is C15H20F2N2O2. The molecule has 1 saturated heterocycles. The molecule has 116 valence electrons. The fourth-order valence-corrected chi connectivity index (χ4v) is 2.57. The van der Waals surface area contributed by atoms with Crippen LogP contribution in [0.4, 0.5) is 14.5 Å². The van der Waals surface area contributed by atoms with Crippen molar-refractivity contribution in [2.75, 3.05) is 26.0 Å². The lowest BCUT2D eigenvalue weighted by Gasteiger charge is -2.35. The second-order valence-electron chi connectivity index (χ2n) is 5.48. The number of piperidine rings is 1. The van der Waals surface area contributed by atoms with Crippen LogP contribution in [0, 0.1) is 11.6 Å². The highest BCUT2D eigenvalue weighted by molar-refractivity contribution is 5.90. The molecule has 0 aliphatic carbocycles. The summed E-state index contributed by atoms with van der Waals surface area (Å²) in [6.07, 6.45) is 1.72. The molecule has 1 heterocycles. The van der Waals surface area contributed by atoms with Crippen molar-refractivity contribution in [2.45, 2.75) is 31.8 Å². The smallest absolute Gasteiger partial charge is 0.340 e. The molecule has 0 saturated carbocycles. The Bertz CT molecular complexity index is 537. The number of hydrogen-bond acceptors (Lipinski definition) is 4. The zero-order valence-corrected chi connectivity index (χ0v) is 12.5. The van der Waals surface area contributed by atoms with Gasteiger partial charge in [0.1, 0.15) is 0 Å². The third-order valence-corrected chi connectivity index (χ3v) is 4.06. The number of rotatable bonds is 3. The third-order valence-electron chi connectivity index (χ3n) is 4.06. The molecule has 1 N–H and O–H groups in total. The largest absolute Gasteiger partial charge is 0.465 e. The number of carbonyl (C=O) groups is 1. The van der Waals surface area contributed by atoms with Gasteiger partial charge in [-0.25, -0.2) is 13.6 Å². The number of methoxy groups -OCH3 is 1. The summed E-state index contributed by atoms with van der Waals surface area (Å²) < 4.78 is 32.3. The van der Waals surface area contributed by atoms with Crippen molar-refractivity contribution in [1.82, 2.24) is 4.90 Å². The zero-order chi connectivity index (χ0) is 15.6. The van der Waals surface area contributed by atoms with E-state index in [-0.39, 0.29) is 11.7 Å². The van der Waals surface area contributed by atoms with Crippen LogP contribution in [0.25, 0.3) is 0 Å². The number of anilines is 1. The first kappa shape index (κ1) is 15.7. The maximum absolute atomic E-state index is 14.0. The number of hydrogen-bond donors (Lipinski definition) is 1. The van der Waals surface area contributed by atoms with E-state index >= 15 is 0 Å². The Balaban J connectivity index is 2.14. The van der Waals surface area contributed by atoms with Crippen molar-refractivity contribution in [3.05, 3.63) is 29.3 Å². The maximum atomic E-state index is 14.0. The van der Waals surface area contributed by atoms with Gasteiger partial charge >= 0.3 is 5.97 Å². The molecule has 2 rings (SSSR count). The standard InChI is InChI=1S/C15H20F2N2O2/c1-9-8-10(6-7-19(9)2)18-12-5-4-11(15(20)21-3)13(16)14(12)17/h4-5,9-10,18H,6-8H2,1-3H3. The Hall–Kier alpha value is -1.69. The molecule has 21 heavy (non-hydrogen) atoms. The molecule has 1 aliphatic rings. The predicted octanol–water partition coefficient (Wildman–Crippen LogP) is 2.65. The summed E-state index contributed by atoms with van der Waals surface area (Å²) in [6, 6.07) is 3.10. The minimum absolute atomic E-state index is 0.0851. The molecule has 2 unspecified atom stereocenters. The summed E-state index contributed by atoms with van der Waals surface area (Å²) in [5.41, 5.74) is -0.306. The Labute approximate surface area is 123 Å². The van der Waals surface area contributed by atoms with E-state index < -0.39 is 23.2 Å². The quantitative estimate of drug-likeness (QED) is 0.871. The molecule has 1 fully saturated rings. The molecule has 1 aromatic rings. The van der Waals surface area contributed by atoms with Gasteiger partial charge in [0.2, 0.25) is 0 Å². The van der Waals surface area contributed by atoms with Crippen molar-refractivity contribution < 1.29 is 18.3 Å². The Morgan fingerprint density at radius 2 is 2.10 bits per heavy atom. The highest BCUT2D eigenvalue weighted by atomic mass is 19.2. The van der Waals surface area contributed by atoms with E-state index in [1.54, 1.807) is 0 Å². The number of likely N-dealkylation sites (tertiary alicyclic amines) is 1. The van der Waals surface area contributed by atoms with Crippen molar-refractivity contribution in [3.8, 4) is 0 Å². The van der Waals surface area contributed by atoms with E-state index in [4.69, 9.17) is 0 Å². The van der Waals surface area contributed by atoms with E-state index in [0.717, 1.165) is 26.5 Å². The van der Waals surface area contributed by atoms with Crippen LogP contribution in [-0.2, 0) is 4.74 Å². The van der Waals surface area contributed by atoms with Crippen LogP contribution < -0.4 is 5.32 Å². The molecule has 0 radical (unpaired) electrons. The number of carbonyl (C=O) groups excluding carboxylic acids is 1. The summed E-state index contributed by atoms with van der Waals surface area (Å²) in [7, 11) is 3.18. The first-order chi connectivity index (χ1) is 9.93. The molecule has 0 aromatic heterocycles. The van der Waals surface area contributed by atoms with Crippen molar-refractivity contribution in [1.29, 1.82) is 0 Å². The Morgan fingerprint density at radius 1 is 1.38 bits per heavy atom. The van der Waals surface area contributed by atoms with Crippen LogP contribution in [0.1, 0.15) is 30.1 Å². The van der Waals surface area contributed by atoms with Crippen molar-refractivity contribution in [3.63, 3.8) is 0 Å². The normalized spacial score (nSPS) is 22.9. The van der Waals surface area contributed by atoms with Crippen LogP contribution in [0.5, 0.6) is 0 Å². The van der Waals surface area contributed by atoms with Gasteiger partial charge in [-0.3, -0.25) is 0 Å². The number of nitrogens with zero attached hydrogens (tertiary/aromatic N) is 1. The van der Waals surface area contributed by atoms with E-state index in [2.05, 4.69) is 21.9 Å². The number of halogens is 2. The second kappa shape index (κ2) is 6.39. The van der Waals surface area contributed by atoms with Crippen LogP contribution in [-0.4, -0.2) is 43.7 Å². The highest BCUT2D eigenvalue weighted by Gasteiger charge is 2.25. The molecule has 1 aliphatic heterocycles. The van der Waals surface area contributed by atoms with Gasteiger partial charge < -0.3 is 15.0 Å². The highest BCUT2D eigenvalue weighted by Crippen LogP contribution is 2.25. The fraction of sp³-hybridized carbons (Fsp3) is 0.533. The third kappa shape index (κ3) is 3.32. The monoisotopic (exact) mass is 298 g/mol. The van der Waals surface area contributed by atoms with Crippen LogP contribution in [0.15, 0.2) is 12.1 Å². The van der Waals surface area contributed by atoms with Crippen LogP contribution in [0.3, 0.4) is 0 Å². The van der Waals surface area contributed by atoms with E-state index in [0.29, 0.717) is 6.04 Å². The van der Waals surface area contributed by atoms with E-state index in [1.807, 2.05) is 7.05 Å². The fourth-order valence-electron chi connectivity index (χ4n) is 2.57. The van der Waals surface area contributed by atoms with Gasteiger partial charge in [0.25, 0.3) is 0 Å². The number of ether oxygens (including phenoxy) is 1. The van der Waals surface area contributed by atoms with Crippen LogP contribution >= 0.6 is 0 Å². The van der Waals surface area contributed by atoms with Gasteiger partial charge in [0.05, 0.1) is 18.4 Å². The van der Waals surface area contributed by atoms with Crippen LogP contribution in [0.2, 0.25) is 0 Å². The maximum Gasteiger partial charge on any atom is 0.340 e. The molecule has 0 amide bonds. The minimum Gasteiger partial charge on any atom is -0.465 e. The lowest BCUT2D eigenvalue weighted by molar-refractivity contribution is 0.0594. The number of esters is 1. The van der Waals surface area contributed by atoms with Gasteiger partial charge in [-0.15, -0.1) is 0 Å². The summed E-state index contributed by atoms with van der Waals surface area (Å²) in [5, 5.41) is 3.03. The summed E-state index contributed by atoms with van der Waals surface area (Å²) in [5.74, 6) is -3.09. The van der Waals surface area contributed by atoms with Gasteiger partial charge in [-0.2, -0.15) is 0 Å². The van der Waals surface area contributed by atoms with Crippen molar-refractivity contribution >= 4 is 11.7 Å². The molecule has 2 atom stereocenters. The van der Waals surface area contributed by atoms with E-state index in [1.165, 1.54) is 12.1 Å². The summed E-state index contributed by atoms with van der Waals surface area (Å²) >= 11 is 0. The number of nitrogens with one attached hydrogen (secondary N) is 1. The predicted molar refractivity (Wildman–Crippen MR) is 76.4 cm³/mol. The zero-order valence-electron chi connectivity index (χ0n) is 12.5. The van der Waals surface area contributed by atoms with Gasteiger partial charge in [0.15, 0.2) is 11.6 Å². The van der Waals surface area contributed by atoms with Gasteiger partial charge in [-0.05, 0) is 38.9 Å². The topological polar surface area (TPSA) is 41.6 Å². The molecule has 1 aromatic carbocycles. The minimum atomic E-state index is -1.17. The van der Waals surface area contributed by atoms with E-state index in [9.17, 15) is 13.6 Å². The first-order valence-corrected chi connectivity index (χ1v) is 6.97.